The average Bonchev–Trinajstić information content (AvgIpc) is 1.64. The van der Waals surface area contributed by atoms with Gasteiger partial charge >= 0.3 is 0 Å². The van der Waals surface area contributed by atoms with Crippen molar-refractivity contribution >= 4 is 0 Å². The highest BCUT2D eigenvalue weighted by Crippen LogP contribution is 2.03. The summed E-state index contributed by atoms with van der Waals surface area (Å²) in [7, 11) is 0. The normalized spacial score (nSPS) is 24.8. The molecular formula is C7H8O. The Morgan fingerprint density at radius 3 is 2.88 bits per heavy atom. The molecule has 0 amide bonds. The zero-order valence-corrected chi connectivity index (χ0v) is 5.06. The molecule has 1 nitrogen and oxygen atoms in total. The van der Waals surface area contributed by atoms with Crippen LogP contribution in [0.5, 0.6) is 0 Å². The molecule has 1 unspecified atom stereocenters. The molecule has 0 aromatic rings. The summed E-state index contributed by atoms with van der Waals surface area (Å²) in [6, 6.07) is 0. The molecule has 0 aromatic carbocycles. The summed E-state index contributed by atoms with van der Waals surface area (Å²) in [5, 5.41) is 0. The topological polar surface area (TPSA) is 9.23 Å². The van der Waals surface area contributed by atoms with Crippen LogP contribution in [0.1, 0.15) is 13.8 Å². The van der Waals surface area contributed by atoms with E-state index >= 15 is 0 Å². The first-order valence-corrected chi connectivity index (χ1v) is 2.63. The van der Waals surface area contributed by atoms with Crippen LogP contribution in [0.15, 0.2) is 11.8 Å². The Morgan fingerprint density at radius 2 is 2.50 bits per heavy atom. The lowest BCUT2D eigenvalue weighted by molar-refractivity contribution is 0.177. The molecule has 0 aliphatic carbocycles. The van der Waals surface area contributed by atoms with Gasteiger partial charge in [0.1, 0.15) is 5.76 Å². The van der Waals surface area contributed by atoms with Gasteiger partial charge in [-0.3, -0.25) is 0 Å². The largest absolute Gasteiger partial charge is 0.482 e. The second-order valence-corrected chi connectivity index (χ2v) is 1.80. The Balaban J connectivity index is 2.68. The van der Waals surface area contributed by atoms with E-state index < -0.39 is 0 Å². The summed E-state index contributed by atoms with van der Waals surface area (Å²) in [5.74, 6) is 6.62. The molecule has 0 fully saturated rings. The fourth-order valence-corrected chi connectivity index (χ4v) is 0.603. The van der Waals surface area contributed by atoms with Gasteiger partial charge in [0.2, 0.25) is 0 Å². The molecule has 1 aliphatic heterocycles. The van der Waals surface area contributed by atoms with Crippen molar-refractivity contribution in [3.63, 3.8) is 0 Å². The second kappa shape index (κ2) is 1.92. The summed E-state index contributed by atoms with van der Waals surface area (Å²) in [6.45, 7) is 3.84. The van der Waals surface area contributed by atoms with E-state index in [4.69, 9.17) is 4.74 Å². The predicted octanol–water partition coefficient (Wildman–Crippen LogP) is 1.31. The van der Waals surface area contributed by atoms with E-state index in [9.17, 15) is 0 Å². The van der Waals surface area contributed by atoms with E-state index in [1.807, 2.05) is 13.8 Å². The Hall–Kier alpha value is -0.900. The third kappa shape index (κ3) is 1.04. The van der Waals surface area contributed by atoms with E-state index in [0.717, 1.165) is 5.76 Å². The van der Waals surface area contributed by atoms with E-state index in [1.54, 1.807) is 6.08 Å². The first kappa shape index (κ1) is 5.24. The molecule has 0 spiro atoms. The van der Waals surface area contributed by atoms with Crippen LogP contribution in [0.3, 0.4) is 0 Å². The zero-order valence-electron chi connectivity index (χ0n) is 5.06. The van der Waals surface area contributed by atoms with Crippen LogP contribution in [0.4, 0.5) is 0 Å². The fraction of sp³-hybridized carbons (Fsp3) is 0.429. The number of allylic oxidation sites excluding steroid dienone is 2. The molecule has 0 saturated carbocycles. The molecule has 1 heterocycles. The number of hydrogen-bond acceptors (Lipinski definition) is 1. The van der Waals surface area contributed by atoms with Gasteiger partial charge in [0.05, 0.1) is 0 Å². The molecule has 0 saturated heterocycles. The third-order valence-corrected chi connectivity index (χ3v) is 0.925. The average molecular weight is 108 g/mol. The van der Waals surface area contributed by atoms with E-state index in [2.05, 4.69) is 11.8 Å². The van der Waals surface area contributed by atoms with Gasteiger partial charge in [-0.2, -0.15) is 0 Å². The maximum Gasteiger partial charge on any atom is 0.156 e. The number of rotatable bonds is 0. The summed E-state index contributed by atoms with van der Waals surface area (Å²) < 4.78 is 5.17. The smallest absolute Gasteiger partial charge is 0.156 e. The highest BCUT2D eigenvalue weighted by molar-refractivity contribution is 5.23. The van der Waals surface area contributed by atoms with Crippen molar-refractivity contribution in [1.29, 1.82) is 0 Å². The second-order valence-electron chi connectivity index (χ2n) is 1.80. The van der Waals surface area contributed by atoms with Gasteiger partial charge in [-0.15, -0.1) is 0 Å². The minimum absolute atomic E-state index is 0.0833. The van der Waals surface area contributed by atoms with Crippen molar-refractivity contribution in [2.24, 2.45) is 0 Å². The van der Waals surface area contributed by atoms with Crippen LogP contribution >= 0.6 is 0 Å². The molecule has 0 aromatic heterocycles. The van der Waals surface area contributed by atoms with Gasteiger partial charge in [-0.25, -0.2) is 0 Å². The summed E-state index contributed by atoms with van der Waals surface area (Å²) >= 11 is 0. The van der Waals surface area contributed by atoms with Gasteiger partial charge in [0, 0.05) is 6.08 Å². The van der Waals surface area contributed by atoms with Crippen molar-refractivity contribution in [1.82, 2.24) is 0 Å². The van der Waals surface area contributed by atoms with Gasteiger partial charge < -0.3 is 4.74 Å². The molecule has 1 rings (SSSR count). The minimum Gasteiger partial charge on any atom is -0.482 e. The molecule has 1 heteroatoms. The maximum atomic E-state index is 5.17. The Morgan fingerprint density at radius 1 is 1.75 bits per heavy atom. The van der Waals surface area contributed by atoms with Crippen LogP contribution in [-0.2, 0) is 4.74 Å². The lowest BCUT2D eigenvalue weighted by Crippen LogP contribution is -2.05. The van der Waals surface area contributed by atoms with E-state index in [-0.39, 0.29) is 6.10 Å². The van der Waals surface area contributed by atoms with Gasteiger partial charge in [0.25, 0.3) is 0 Å². The van der Waals surface area contributed by atoms with Crippen LogP contribution in [0.2, 0.25) is 0 Å². The Kier molecular flexibility index (Phi) is 1.26. The monoisotopic (exact) mass is 108 g/mol. The fourth-order valence-electron chi connectivity index (χ4n) is 0.603. The molecule has 1 aliphatic rings. The lowest BCUT2D eigenvalue weighted by Gasteiger charge is -2.09. The first-order valence-electron chi connectivity index (χ1n) is 2.63. The molecule has 8 heavy (non-hydrogen) atoms. The highest BCUT2D eigenvalue weighted by Gasteiger charge is 1.99. The standard InChI is InChI=1S/C7H8O/c1-6-4-3-5-7(2)8-6/h4,7H,1-2H3. The lowest BCUT2D eigenvalue weighted by atomic mass is 10.3. The highest BCUT2D eigenvalue weighted by atomic mass is 16.5. The molecule has 0 N–H and O–H groups in total. The molecular weight excluding hydrogens is 100 g/mol. The summed E-state index contributed by atoms with van der Waals surface area (Å²) in [6.07, 6.45) is 1.86. The van der Waals surface area contributed by atoms with E-state index in [0.29, 0.717) is 0 Å². The van der Waals surface area contributed by atoms with Crippen LogP contribution in [-0.4, -0.2) is 6.10 Å². The first-order chi connectivity index (χ1) is 3.79. The predicted molar refractivity (Wildman–Crippen MR) is 32.1 cm³/mol. The minimum atomic E-state index is 0.0833. The van der Waals surface area contributed by atoms with Crippen molar-refractivity contribution in [2.75, 3.05) is 0 Å². The number of hydrogen-bond donors (Lipinski definition) is 0. The van der Waals surface area contributed by atoms with Crippen molar-refractivity contribution in [3.05, 3.63) is 11.8 Å². The van der Waals surface area contributed by atoms with Crippen molar-refractivity contribution in [2.45, 2.75) is 20.0 Å². The van der Waals surface area contributed by atoms with Crippen molar-refractivity contribution in [3.8, 4) is 11.8 Å². The SMILES string of the molecule is CC1=CC#CC(C)O1. The summed E-state index contributed by atoms with van der Waals surface area (Å²) in [4.78, 5) is 0. The Bertz CT molecular complexity index is 169. The van der Waals surface area contributed by atoms with Crippen LogP contribution < -0.4 is 0 Å². The molecule has 0 bridgehead atoms. The van der Waals surface area contributed by atoms with Gasteiger partial charge in [-0.1, -0.05) is 11.8 Å². The molecule has 42 valence electrons. The molecule has 0 radical (unpaired) electrons. The quantitative estimate of drug-likeness (QED) is 0.425. The zero-order chi connectivity index (χ0) is 5.98. The van der Waals surface area contributed by atoms with Gasteiger partial charge in [0.15, 0.2) is 6.10 Å². The van der Waals surface area contributed by atoms with Crippen LogP contribution in [0, 0.1) is 11.8 Å². The van der Waals surface area contributed by atoms with E-state index in [1.165, 1.54) is 0 Å². The maximum absolute atomic E-state index is 5.17. The molecule has 1 atom stereocenters. The third-order valence-electron chi connectivity index (χ3n) is 0.925. The van der Waals surface area contributed by atoms with Gasteiger partial charge in [-0.05, 0) is 13.8 Å². The van der Waals surface area contributed by atoms with Crippen molar-refractivity contribution < 1.29 is 4.74 Å². The summed E-state index contributed by atoms with van der Waals surface area (Å²) in [5.41, 5.74) is 0. The Labute approximate surface area is 49.3 Å². The number of ether oxygens (including phenoxy) is 1. The van der Waals surface area contributed by atoms with Crippen LogP contribution in [0.25, 0.3) is 0 Å².